The lowest BCUT2D eigenvalue weighted by Gasteiger charge is -2.04. The number of rotatable bonds is 0. The van der Waals surface area contributed by atoms with E-state index in [0.717, 1.165) is 18.5 Å². The largest absolute Gasteiger partial charge is 0.383 e. The highest BCUT2D eigenvalue weighted by atomic mass is 14.9. The second-order valence-electron chi connectivity index (χ2n) is 3.06. The summed E-state index contributed by atoms with van der Waals surface area (Å²) in [5.41, 5.74) is 8.03. The van der Waals surface area contributed by atoms with Crippen molar-refractivity contribution in [2.75, 3.05) is 5.73 Å². The maximum absolute atomic E-state index is 5.71. The minimum atomic E-state index is 0.547. The van der Waals surface area contributed by atoms with Crippen LogP contribution in [-0.4, -0.2) is 9.97 Å². The number of aromatic nitrogens is 2. The van der Waals surface area contributed by atoms with E-state index in [4.69, 9.17) is 5.73 Å². The van der Waals surface area contributed by atoms with Crippen LogP contribution in [0.2, 0.25) is 0 Å². The number of aryl methyl sites for hydroxylation is 1. The van der Waals surface area contributed by atoms with E-state index in [9.17, 15) is 0 Å². The molecule has 1 aliphatic rings. The van der Waals surface area contributed by atoms with Gasteiger partial charge in [-0.05, 0) is 18.8 Å². The maximum atomic E-state index is 5.71. The lowest BCUT2D eigenvalue weighted by atomic mass is 10.1. The van der Waals surface area contributed by atoms with Gasteiger partial charge in [-0.3, -0.25) is 0 Å². The summed E-state index contributed by atoms with van der Waals surface area (Å²) in [5, 5.41) is 0. The number of fused-ring (bicyclic) bond motifs is 1. The van der Waals surface area contributed by atoms with Crippen molar-refractivity contribution >= 4 is 5.82 Å². The second-order valence-corrected chi connectivity index (χ2v) is 3.06. The van der Waals surface area contributed by atoms with E-state index < -0.39 is 0 Å². The van der Waals surface area contributed by atoms with Crippen LogP contribution in [0.5, 0.6) is 0 Å². The molecule has 0 saturated carbocycles. The Morgan fingerprint density at radius 1 is 1.55 bits per heavy atom. The molecular weight excluding hydrogens is 138 g/mol. The molecule has 1 heterocycles. The number of hydrogen-bond donors (Lipinski definition) is 1. The van der Waals surface area contributed by atoms with Gasteiger partial charge in [-0.2, -0.15) is 0 Å². The third kappa shape index (κ3) is 0.878. The molecule has 1 aromatic heterocycles. The van der Waals surface area contributed by atoms with Gasteiger partial charge in [-0.1, -0.05) is 6.92 Å². The molecule has 0 radical (unpaired) electrons. The van der Waals surface area contributed by atoms with Gasteiger partial charge >= 0.3 is 0 Å². The number of nitrogen functional groups attached to an aromatic ring is 1. The van der Waals surface area contributed by atoms with E-state index in [1.807, 2.05) is 0 Å². The molecule has 3 nitrogen and oxygen atoms in total. The Balaban J connectivity index is 2.58. The summed E-state index contributed by atoms with van der Waals surface area (Å²) in [6.45, 7) is 2.17. The van der Waals surface area contributed by atoms with Crippen LogP contribution in [0.25, 0.3) is 0 Å². The molecule has 0 saturated heterocycles. The number of hydrogen-bond acceptors (Lipinski definition) is 3. The molecule has 1 aromatic rings. The van der Waals surface area contributed by atoms with Crippen LogP contribution in [0, 0.1) is 0 Å². The predicted molar refractivity (Wildman–Crippen MR) is 43.2 cm³/mol. The van der Waals surface area contributed by atoms with E-state index in [0.29, 0.717) is 11.7 Å². The summed E-state index contributed by atoms with van der Waals surface area (Å²) in [7, 11) is 0. The van der Waals surface area contributed by atoms with Gasteiger partial charge in [0.15, 0.2) is 0 Å². The molecule has 58 valence electrons. The summed E-state index contributed by atoms with van der Waals surface area (Å²) in [6, 6.07) is 0. The zero-order valence-electron chi connectivity index (χ0n) is 6.54. The highest BCUT2D eigenvalue weighted by Gasteiger charge is 2.22. The molecule has 0 unspecified atom stereocenters. The number of nitrogens with zero attached hydrogens (tertiary/aromatic N) is 2. The average molecular weight is 149 g/mol. The van der Waals surface area contributed by atoms with Crippen LogP contribution in [-0.2, 0) is 6.42 Å². The highest BCUT2D eigenvalue weighted by Crippen LogP contribution is 2.33. The summed E-state index contributed by atoms with van der Waals surface area (Å²) >= 11 is 0. The Morgan fingerprint density at radius 2 is 2.36 bits per heavy atom. The topological polar surface area (TPSA) is 51.8 Å². The first kappa shape index (κ1) is 6.58. The summed E-state index contributed by atoms with van der Waals surface area (Å²) in [4.78, 5) is 8.15. The molecule has 11 heavy (non-hydrogen) atoms. The van der Waals surface area contributed by atoms with Gasteiger partial charge in [0, 0.05) is 11.3 Å². The molecule has 0 spiro atoms. The van der Waals surface area contributed by atoms with Crippen LogP contribution in [0.4, 0.5) is 5.82 Å². The van der Waals surface area contributed by atoms with E-state index in [2.05, 4.69) is 16.9 Å². The van der Waals surface area contributed by atoms with Crippen molar-refractivity contribution in [3.63, 3.8) is 0 Å². The highest BCUT2D eigenvalue weighted by molar-refractivity contribution is 5.46. The first-order valence-corrected chi connectivity index (χ1v) is 3.88. The van der Waals surface area contributed by atoms with Crippen LogP contribution >= 0.6 is 0 Å². The summed E-state index contributed by atoms with van der Waals surface area (Å²) in [5.74, 6) is 1.21. The summed E-state index contributed by atoms with van der Waals surface area (Å²) in [6.07, 6.45) is 3.77. The quantitative estimate of drug-likeness (QED) is 0.601. The number of anilines is 1. The van der Waals surface area contributed by atoms with Crippen LogP contribution in [0.3, 0.4) is 0 Å². The lowest BCUT2D eigenvalue weighted by Crippen LogP contribution is -2.00. The smallest absolute Gasteiger partial charge is 0.130 e. The van der Waals surface area contributed by atoms with Crippen LogP contribution in [0.15, 0.2) is 6.33 Å². The van der Waals surface area contributed by atoms with Crippen molar-refractivity contribution < 1.29 is 0 Å². The van der Waals surface area contributed by atoms with Crippen LogP contribution in [0.1, 0.15) is 30.5 Å². The fourth-order valence-electron chi connectivity index (χ4n) is 1.68. The summed E-state index contributed by atoms with van der Waals surface area (Å²) < 4.78 is 0. The Bertz CT molecular complexity index is 283. The third-order valence-electron chi connectivity index (χ3n) is 2.30. The Labute approximate surface area is 65.7 Å². The monoisotopic (exact) mass is 149 g/mol. The van der Waals surface area contributed by atoms with Crippen molar-refractivity contribution in [3.8, 4) is 0 Å². The molecule has 0 aromatic carbocycles. The molecular formula is C8H11N3. The van der Waals surface area contributed by atoms with Gasteiger partial charge in [0.2, 0.25) is 0 Å². The normalized spacial score (nSPS) is 21.7. The fraction of sp³-hybridized carbons (Fsp3) is 0.500. The molecule has 0 bridgehead atoms. The lowest BCUT2D eigenvalue weighted by molar-refractivity contribution is 0.746. The predicted octanol–water partition coefficient (Wildman–Crippen LogP) is 1.11. The van der Waals surface area contributed by atoms with Gasteiger partial charge in [0.1, 0.15) is 12.1 Å². The molecule has 0 aliphatic heterocycles. The zero-order valence-corrected chi connectivity index (χ0v) is 6.54. The van der Waals surface area contributed by atoms with Gasteiger partial charge < -0.3 is 5.73 Å². The molecule has 1 atom stereocenters. The zero-order chi connectivity index (χ0) is 7.84. The Morgan fingerprint density at radius 3 is 3.09 bits per heavy atom. The number of nitrogens with two attached hydrogens (primary N) is 1. The first-order chi connectivity index (χ1) is 5.29. The minimum Gasteiger partial charge on any atom is -0.383 e. The SMILES string of the molecule is C[C@@H]1CCc2ncnc(N)c21. The van der Waals surface area contributed by atoms with Crippen molar-refractivity contribution in [1.29, 1.82) is 0 Å². The van der Waals surface area contributed by atoms with Crippen molar-refractivity contribution in [3.05, 3.63) is 17.6 Å². The van der Waals surface area contributed by atoms with Crippen molar-refractivity contribution in [2.45, 2.75) is 25.7 Å². The van der Waals surface area contributed by atoms with Gasteiger partial charge in [0.05, 0.1) is 0 Å². The minimum absolute atomic E-state index is 0.547. The van der Waals surface area contributed by atoms with Gasteiger partial charge in [0.25, 0.3) is 0 Å². The van der Waals surface area contributed by atoms with Gasteiger partial charge in [-0.25, -0.2) is 9.97 Å². The van der Waals surface area contributed by atoms with Crippen molar-refractivity contribution in [2.24, 2.45) is 0 Å². The molecule has 0 fully saturated rings. The van der Waals surface area contributed by atoms with Crippen molar-refractivity contribution in [1.82, 2.24) is 9.97 Å². The third-order valence-corrected chi connectivity index (χ3v) is 2.30. The molecule has 2 rings (SSSR count). The second kappa shape index (κ2) is 2.19. The Kier molecular flexibility index (Phi) is 1.31. The molecule has 1 aliphatic carbocycles. The molecule has 0 amide bonds. The average Bonchev–Trinajstić information content (AvgIpc) is 2.34. The van der Waals surface area contributed by atoms with E-state index in [-0.39, 0.29) is 0 Å². The Hall–Kier alpha value is -1.12. The van der Waals surface area contributed by atoms with E-state index in [1.165, 1.54) is 5.56 Å². The first-order valence-electron chi connectivity index (χ1n) is 3.88. The molecule has 2 N–H and O–H groups in total. The van der Waals surface area contributed by atoms with E-state index >= 15 is 0 Å². The molecule has 3 heteroatoms. The van der Waals surface area contributed by atoms with E-state index in [1.54, 1.807) is 6.33 Å². The standard InChI is InChI=1S/C8H11N3/c1-5-2-3-6-7(5)8(9)11-4-10-6/h4-5H,2-3H2,1H3,(H2,9,10,11)/t5-/m1/s1. The van der Waals surface area contributed by atoms with Gasteiger partial charge in [-0.15, -0.1) is 0 Å². The van der Waals surface area contributed by atoms with Crippen LogP contribution < -0.4 is 5.73 Å². The fourth-order valence-corrected chi connectivity index (χ4v) is 1.68. The maximum Gasteiger partial charge on any atom is 0.130 e.